The van der Waals surface area contributed by atoms with Crippen molar-refractivity contribution in [1.29, 1.82) is 0 Å². The highest BCUT2D eigenvalue weighted by atomic mass is 32.2. The molecule has 0 aromatic carbocycles. The molecule has 18 heavy (non-hydrogen) atoms. The van der Waals surface area contributed by atoms with E-state index in [0.717, 1.165) is 19.4 Å². The van der Waals surface area contributed by atoms with Gasteiger partial charge in [0.25, 0.3) is 0 Å². The Morgan fingerprint density at radius 3 is 2.61 bits per heavy atom. The molecule has 1 rings (SSSR count). The first-order valence-corrected chi connectivity index (χ1v) is 9.82. The summed E-state index contributed by atoms with van der Waals surface area (Å²) in [7, 11) is -2.81. The molecule has 0 amide bonds. The van der Waals surface area contributed by atoms with Gasteiger partial charge in [-0.25, -0.2) is 8.42 Å². The highest BCUT2D eigenvalue weighted by molar-refractivity contribution is 8.00. The number of hydrogen-bond acceptors (Lipinski definition) is 4. The summed E-state index contributed by atoms with van der Waals surface area (Å²) in [5.41, 5.74) is 0. The Morgan fingerprint density at radius 2 is 2.11 bits per heavy atom. The highest BCUT2D eigenvalue weighted by Gasteiger charge is 2.36. The van der Waals surface area contributed by atoms with Crippen LogP contribution in [0.4, 0.5) is 0 Å². The van der Waals surface area contributed by atoms with Gasteiger partial charge in [-0.3, -0.25) is 0 Å². The Hall–Kier alpha value is 0.260. The maximum atomic E-state index is 11.5. The average Bonchev–Trinajstić information content (AvgIpc) is 2.76. The van der Waals surface area contributed by atoms with Gasteiger partial charge >= 0.3 is 0 Å². The third-order valence-corrected chi connectivity index (χ3v) is 7.26. The summed E-state index contributed by atoms with van der Waals surface area (Å²) in [4.78, 5) is 0. The number of thioether (sulfide) groups is 1. The van der Waals surface area contributed by atoms with Crippen LogP contribution in [0.25, 0.3) is 0 Å². The van der Waals surface area contributed by atoms with Crippen LogP contribution in [0.1, 0.15) is 46.5 Å². The lowest BCUT2D eigenvalue weighted by molar-refractivity contribution is 0.384. The molecule has 0 spiro atoms. The van der Waals surface area contributed by atoms with Crippen molar-refractivity contribution in [3.8, 4) is 0 Å². The molecule has 2 unspecified atom stereocenters. The molecule has 0 bridgehead atoms. The van der Waals surface area contributed by atoms with Crippen LogP contribution >= 0.6 is 11.8 Å². The summed E-state index contributed by atoms with van der Waals surface area (Å²) in [5.74, 6) is 1.85. The van der Waals surface area contributed by atoms with Crippen LogP contribution in [0.2, 0.25) is 0 Å². The lowest BCUT2D eigenvalue weighted by atomic mass is 9.92. The Morgan fingerprint density at radius 1 is 1.39 bits per heavy atom. The fourth-order valence-electron chi connectivity index (χ4n) is 2.60. The molecule has 1 saturated heterocycles. The normalized spacial score (nSPS) is 26.4. The fraction of sp³-hybridized carbons (Fsp3) is 1.00. The van der Waals surface area contributed by atoms with Gasteiger partial charge in [0.05, 0.1) is 5.75 Å². The number of rotatable bonds is 8. The minimum Gasteiger partial charge on any atom is -0.313 e. The van der Waals surface area contributed by atoms with Crippen LogP contribution < -0.4 is 5.32 Å². The summed E-state index contributed by atoms with van der Waals surface area (Å²) in [5, 5.41) is 3.55. The third kappa shape index (κ3) is 4.74. The maximum Gasteiger partial charge on any atom is 0.150 e. The molecule has 3 nitrogen and oxygen atoms in total. The number of sulfone groups is 1. The third-order valence-electron chi connectivity index (χ3n) is 3.82. The Kier molecular flexibility index (Phi) is 6.48. The average molecular weight is 293 g/mol. The monoisotopic (exact) mass is 293 g/mol. The maximum absolute atomic E-state index is 11.5. The van der Waals surface area contributed by atoms with Crippen LogP contribution in [-0.2, 0) is 9.84 Å². The predicted molar refractivity (Wildman–Crippen MR) is 81.1 cm³/mol. The smallest absolute Gasteiger partial charge is 0.150 e. The summed E-state index contributed by atoms with van der Waals surface area (Å²) < 4.78 is 23.3. The molecule has 0 aromatic heterocycles. The molecule has 1 aliphatic heterocycles. The fourth-order valence-corrected chi connectivity index (χ4v) is 4.94. The van der Waals surface area contributed by atoms with Crippen LogP contribution in [0.5, 0.6) is 0 Å². The van der Waals surface area contributed by atoms with Crippen LogP contribution in [-0.4, -0.2) is 43.0 Å². The quantitative estimate of drug-likeness (QED) is 0.747. The van der Waals surface area contributed by atoms with E-state index in [2.05, 4.69) is 19.2 Å². The Labute approximate surface area is 116 Å². The van der Waals surface area contributed by atoms with Gasteiger partial charge in [-0.2, -0.15) is 11.8 Å². The van der Waals surface area contributed by atoms with Crippen molar-refractivity contribution in [3.63, 3.8) is 0 Å². The molecule has 1 heterocycles. The van der Waals surface area contributed by atoms with Gasteiger partial charge in [0, 0.05) is 16.5 Å². The summed E-state index contributed by atoms with van der Waals surface area (Å²) >= 11 is 2.04. The second-order valence-corrected chi connectivity index (χ2v) is 9.36. The van der Waals surface area contributed by atoms with E-state index in [1.54, 1.807) is 6.92 Å². The number of hydrogen-bond donors (Lipinski definition) is 1. The van der Waals surface area contributed by atoms with Crippen molar-refractivity contribution >= 4 is 21.6 Å². The zero-order valence-corrected chi connectivity index (χ0v) is 13.5. The van der Waals surface area contributed by atoms with Gasteiger partial charge in [-0.15, -0.1) is 0 Å². The van der Waals surface area contributed by atoms with Gasteiger partial charge in [-0.1, -0.05) is 13.8 Å². The molecule has 1 aliphatic rings. The summed E-state index contributed by atoms with van der Waals surface area (Å²) in [6, 6.07) is 0.446. The largest absolute Gasteiger partial charge is 0.313 e. The minimum absolute atomic E-state index is 0.269. The second kappa shape index (κ2) is 7.15. The Bertz CT molecular complexity index is 335. The molecular formula is C13H27NO2S2. The Balaban J connectivity index is 2.48. The van der Waals surface area contributed by atoms with Crippen molar-refractivity contribution in [2.45, 2.75) is 57.2 Å². The molecule has 5 heteroatoms. The molecule has 0 aromatic rings. The second-order valence-electron chi connectivity index (χ2n) is 5.25. The molecule has 0 aliphatic carbocycles. The molecule has 108 valence electrons. The first-order valence-electron chi connectivity index (χ1n) is 7.01. The molecular weight excluding hydrogens is 266 g/mol. The zero-order valence-electron chi connectivity index (χ0n) is 11.9. The molecule has 0 saturated carbocycles. The minimum atomic E-state index is -2.81. The predicted octanol–water partition coefficient (Wildman–Crippen LogP) is 2.47. The zero-order chi connectivity index (χ0) is 13.6. The van der Waals surface area contributed by atoms with Crippen molar-refractivity contribution in [2.75, 3.05) is 23.8 Å². The van der Waals surface area contributed by atoms with Crippen molar-refractivity contribution in [3.05, 3.63) is 0 Å². The van der Waals surface area contributed by atoms with Gasteiger partial charge in [0.15, 0.2) is 0 Å². The lowest BCUT2D eigenvalue weighted by Crippen LogP contribution is -2.45. The van der Waals surface area contributed by atoms with Crippen LogP contribution in [0, 0.1) is 0 Å². The van der Waals surface area contributed by atoms with Gasteiger partial charge in [0.2, 0.25) is 0 Å². The van der Waals surface area contributed by atoms with E-state index in [1.807, 2.05) is 11.8 Å². The van der Waals surface area contributed by atoms with Gasteiger partial charge in [-0.05, 0) is 44.9 Å². The lowest BCUT2D eigenvalue weighted by Gasteiger charge is -2.34. The van der Waals surface area contributed by atoms with Crippen LogP contribution in [0.15, 0.2) is 0 Å². The summed E-state index contributed by atoms with van der Waals surface area (Å²) in [6.07, 6.45) is 4.28. The SMILES string of the molecule is CCNC(CCCS(=O)(=O)CC)C1(C)CCCS1. The summed E-state index contributed by atoms with van der Waals surface area (Å²) in [6.45, 7) is 7.14. The van der Waals surface area contributed by atoms with E-state index in [0.29, 0.717) is 16.5 Å². The topological polar surface area (TPSA) is 46.2 Å². The van der Waals surface area contributed by atoms with Crippen molar-refractivity contribution in [1.82, 2.24) is 5.32 Å². The number of nitrogens with one attached hydrogen (secondary N) is 1. The van der Waals surface area contributed by atoms with E-state index in [4.69, 9.17) is 0 Å². The highest BCUT2D eigenvalue weighted by Crippen LogP contribution is 2.41. The van der Waals surface area contributed by atoms with E-state index in [-0.39, 0.29) is 5.75 Å². The van der Waals surface area contributed by atoms with Crippen molar-refractivity contribution < 1.29 is 8.42 Å². The molecule has 1 N–H and O–H groups in total. The van der Waals surface area contributed by atoms with Crippen LogP contribution in [0.3, 0.4) is 0 Å². The molecule has 0 radical (unpaired) electrons. The van der Waals surface area contributed by atoms with E-state index >= 15 is 0 Å². The van der Waals surface area contributed by atoms with Gasteiger partial charge in [0.1, 0.15) is 9.84 Å². The van der Waals surface area contributed by atoms with E-state index in [1.165, 1.54) is 18.6 Å². The first-order chi connectivity index (χ1) is 8.43. The molecule has 2 atom stereocenters. The van der Waals surface area contributed by atoms with Crippen molar-refractivity contribution in [2.24, 2.45) is 0 Å². The van der Waals surface area contributed by atoms with E-state index in [9.17, 15) is 8.42 Å². The van der Waals surface area contributed by atoms with E-state index < -0.39 is 9.84 Å². The molecule has 1 fully saturated rings. The van der Waals surface area contributed by atoms with Gasteiger partial charge < -0.3 is 5.32 Å². The first kappa shape index (κ1) is 16.3. The standard InChI is InChI=1S/C13H27NO2S2/c1-4-14-12(13(3)9-7-10-17-13)8-6-11-18(15,16)5-2/h12,14H,4-11H2,1-3H3.